The van der Waals surface area contributed by atoms with E-state index in [1.807, 2.05) is 6.92 Å². The van der Waals surface area contributed by atoms with E-state index in [1.54, 1.807) is 0 Å². The van der Waals surface area contributed by atoms with Crippen molar-refractivity contribution in [1.29, 1.82) is 0 Å². The number of esters is 1. The molecule has 5 rings (SSSR count). The van der Waals surface area contributed by atoms with Crippen molar-refractivity contribution >= 4 is 11.9 Å². The first-order chi connectivity index (χ1) is 10.9. The summed E-state index contributed by atoms with van der Waals surface area (Å²) < 4.78 is 6.10. The molecule has 1 saturated heterocycles. The standard InChI is InChI=1S/C19H24O4/c1-10-8-18-9-11(10)4-5-12(18)19-7-3-6-17(2,16(22)23-19)14(19)13(18)15(20)21/h11-14H,1,3-9H2,2H3,(H,20,21)/t11-,12-,13-,14+,17-,18+,19-/m1/s1. The Morgan fingerprint density at radius 1 is 1.35 bits per heavy atom. The highest BCUT2D eigenvalue weighted by molar-refractivity contribution is 5.84. The first-order valence-corrected chi connectivity index (χ1v) is 8.99. The molecule has 4 nitrogen and oxygen atoms in total. The van der Waals surface area contributed by atoms with E-state index in [1.165, 1.54) is 5.57 Å². The topological polar surface area (TPSA) is 63.6 Å². The number of ether oxygens (including phenoxy) is 1. The number of aliphatic carboxylic acids is 1. The van der Waals surface area contributed by atoms with Gasteiger partial charge in [0.05, 0.1) is 11.3 Å². The van der Waals surface area contributed by atoms with E-state index in [4.69, 9.17) is 4.74 Å². The van der Waals surface area contributed by atoms with Crippen molar-refractivity contribution in [3.8, 4) is 0 Å². The molecule has 5 aliphatic rings. The van der Waals surface area contributed by atoms with Gasteiger partial charge >= 0.3 is 11.9 Å². The molecule has 1 aliphatic heterocycles. The van der Waals surface area contributed by atoms with E-state index in [2.05, 4.69) is 6.58 Å². The van der Waals surface area contributed by atoms with E-state index in [0.717, 1.165) is 44.9 Å². The number of carboxylic acid groups (broad SMARTS) is 1. The third-order valence-electron chi connectivity index (χ3n) is 8.29. The molecule has 0 radical (unpaired) electrons. The van der Waals surface area contributed by atoms with E-state index in [0.29, 0.717) is 5.92 Å². The van der Waals surface area contributed by atoms with Crippen LogP contribution >= 0.6 is 0 Å². The molecule has 5 fully saturated rings. The molecule has 1 heterocycles. The Kier molecular flexibility index (Phi) is 2.35. The van der Waals surface area contributed by atoms with Gasteiger partial charge in [0.1, 0.15) is 5.60 Å². The number of allylic oxidation sites excluding steroid dienone is 1. The lowest BCUT2D eigenvalue weighted by molar-refractivity contribution is -0.160. The molecule has 4 aliphatic carbocycles. The zero-order chi connectivity index (χ0) is 16.2. The Hall–Kier alpha value is -1.32. The van der Waals surface area contributed by atoms with Gasteiger partial charge in [-0.05, 0) is 63.2 Å². The van der Waals surface area contributed by atoms with Crippen molar-refractivity contribution in [2.45, 2.75) is 57.5 Å². The number of hydrogen-bond donors (Lipinski definition) is 1. The van der Waals surface area contributed by atoms with Crippen LogP contribution in [0.15, 0.2) is 12.2 Å². The van der Waals surface area contributed by atoms with Crippen molar-refractivity contribution in [3.63, 3.8) is 0 Å². The van der Waals surface area contributed by atoms with Crippen LogP contribution in [-0.4, -0.2) is 22.6 Å². The second kappa shape index (κ2) is 3.84. The van der Waals surface area contributed by atoms with Gasteiger partial charge in [-0.3, -0.25) is 9.59 Å². The number of carbonyl (C=O) groups is 2. The fraction of sp³-hybridized carbons (Fsp3) is 0.789. The highest BCUT2D eigenvalue weighted by atomic mass is 16.6. The van der Waals surface area contributed by atoms with Gasteiger partial charge < -0.3 is 9.84 Å². The Bertz CT molecular complexity index is 654. The summed E-state index contributed by atoms with van der Waals surface area (Å²) in [6.07, 6.45) is 6.45. The molecule has 124 valence electrons. The van der Waals surface area contributed by atoms with Gasteiger partial charge in [-0.1, -0.05) is 12.2 Å². The second-order valence-corrected chi connectivity index (χ2v) is 9.01. The Labute approximate surface area is 136 Å². The van der Waals surface area contributed by atoms with Gasteiger partial charge in [0.15, 0.2) is 0 Å². The predicted octanol–water partition coefficient (Wildman–Crippen LogP) is 3.17. The lowest BCUT2D eigenvalue weighted by Gasteiger charge is -2.43. The maximum atomic E-state index is 12.7. The molecular formula is C19H24O4. The van der Waals surface area contributed by atoms with Crippen LogP contribution in [-0.2, 0) is 14.3 Å². The molecule has 1 spiro atoms. The van der Waals surface area contributed by atoms with E-state index in [-0.39, 0.29) is 23.2 Å². The van der Waals surface area contributed by atoms with Crippen molar-refractivity contribution < 1.29 is 19.4 Å². The second-order valence-electron chi connectivity index (χ2n) is 9.01. The van der Waals surface area contributed by atoms with Crippen LogP contribution < -0.4 is 0 Å². The third kappa shape index (κ3) is 1.29. The Morgan fingerprint density at radius 3 is 2.87 bits per heavy atom. The summed E-state index contributed by atoms with van der Waals surface area (Å²) in [6.45, 7) is 6.22. The van der Waals surface area contributed by atoms with Gasteiger partial charge in [-0.15, -0.1) is 0 Å². The van der Waals surface area contributed by atoms with Crippen LogP contribution in [0.1, 0.15) is 51.9 Å². The van der Waals surface area contributed by atoms with Crippen LogP contribution in [0.5, 0.6) is 0 Å². The fourth-order valence-corrected chi connectivity index (χ4v) is 7.70. The molecule has 0 aromatic heterocycles. The largest absolute Gasteiger partial charge is 0.481 e. The first kappa shape index (κ1) is 14.1. The molecule has 4 saturated carbocycles. The number of rotatable bonds is 1. The molecule has 4 bridgehead atoms. The summed E-state index contributed by atoms with van der Waals surface area (Å²) in [5.41, 5.74) is -0.0978. The smallest absolute Gasteiger partial charge is 0.312 e. The fourth-order valence-electron chi connectivity index (χ4n) is 7.70. The normalized spacial score (nSPS) is 56.2. The van der Waals surface area contributed by atoms with Crippen LogP contribution in [0.4, 0.5) is 0 Å². The highest BCUT2D eigenvalue weighted by Gasteiger charge is 2.81. The maximum Gasteiger partial charge on any atom is 0.312 e. The number of fused-ring (bicyclic) bond motifs is 1. The monoisotopic (exact) mass is 316 g/mol. The van der Waals surface area contributed by atoms with Crippen molar-refractivity contribution in [1.82, 2.24) is 0 Å². The molecule has 23 heavy (non-hydrogen) atoms. The van der Waals surface area contributed by atoms with Crippen molar-refractivity contribution in [2.24, 2.45) is 34.5 Å². The average Bonchev–Trinajstić information content (AvgIpc) is 2.92. The Morgan fingerprint density at radius 2 is 2.13 bits per heavy atom. The number of carboxylic acids is 1. The van der Waals surface area contributed by atoms with Crippen LogP contribution in [0.25, 0.3) is 0 Å². The number of hydrogen-bond acceptors (Lipinski definition) is 3. The predicted molar refractivity (Wildman–Crippen MR) is 82.4 cm³/mol. The van der Waals surface area contributed by atoms with Crippen LogP contribution in [0.3, 0.4) is 0 Å². The summed E-state index contributed by atoms with van der Waals surface area (Å²) in [5.74, 6) is -0.771. The minimum absolute atomic E-state index is 0.139. The van der Waals surface area contributed by atoms with E-state index in [9.17, 15) is 14.7 Å². The zero-order valence-corrected chi connectivity index (χ0v) is 13.6. The van der Waals surface area contributed by atoms with Crippen LogP contribution in [0, 0.1) is 34.5 Å². The zero-order valence-electron chi connectivity index (χ0n) is 13.6. The molecule has 0 unspecified atom stereocenters. The Balaban J connectivity index is 1.75. The molecule has 0 aromatic carbocycles. The molecule has 7 atom stereocenters. The lowest BCUT2D eigenvalue weighted by Crippen LogP contribution is -2.47. The molecule has 0 aromatic rings. The summed E-state index contributed by atoms with van der Waals surface area (Å²) in [7, 11) is 0. The SMILES string of the molecule is C=C1C[C@]23C[C@H]1CC[C@H]2[C@@]12CCC[C@@](C)(C(=O)O1)[C@@H]2[C@@H]3C(=O)O. The first-order valence-electron chi connectivity index (χ1n) is 8.99. The molecular weight excluding hydrogens is 292 g/mol. The van der Waals surface area contributed by atoms with Gasteiger partial charge in [-0.25, -0.2) is 0 Å². The van der Waals surface area contributed by atoms with Gasteiger partial charge in [-0.2, -0.15) is 0 Å². The summed E-state index contributed by atoms with van der Waals surface area (Å²) in [5, 5.41) is 10.2. The average molecular weight is 316 g/mol. The molecule has 4 heteroatoms. The van der Waals surface area contributed by atoms with E-state index < -0.39 is 22.9 Å². The summed E-state index contributed by atoms with van der Waals surface area (Å²) in [6, 6.07) is 0. The minimum atomic E-state index is -0.719. The quantitative estimate of drug-likeness (QED) is 0.596. The van der Waals surface area contributed by atoms with Gasteiger partial charge in [0.2, 0.25) is 0 Å². The molecule has 1 N–H and O–H groups in total. The summed E-state index contributed by atoms with van der Waals surface area (Å²) >= 11 is 0. The van der Waals surface area contributed by atoms with Crippen LogP contribution in [0.2, 0.25) is 0 Å². The number of carbonyl (C=O) groups excluding carboxylic acids is 1. The lowest BCUT2D eigenvalue weighted by atomic mass is 9.60. The van der Waals surface area contributed by atoms with Gasteiger partial charge in [0.25, 0.3) is 0 Å². The minimum Gasteiger partial charge on any atom is -0.481 e. The third-order valence-corrected chi connectivity index (χ3v) is 8.29. The summed E-state index contributed by atoms with van der Waals surface area (Å²) in [4.78, 5) is 25.0. The van der Waals surface area contributed by atoms with Crippen molar-refractivity contribution in [2.75, 3.05) is 0 Å². The van der Waals surface area contributed by atoms with Gasteiger partial charge in [0, 0.05) is 11.8 Å². The van der Waals surface area contributed by atoms with E-state index >= 15 is 0 Å². The molecule has 0 amide bonds. The van der Waals surface area contributed by atoms with Crippen molar-refractivity contribution in [3.05, 3.63) is 12.2 Å². The highest BCUT2D eigenvalue weighted by Crippen LogP contribution is 2.77. The maximum absolute atomic E-state index is 12.7.